The molecule has 0 fully saturated rings. The minimum absolute atomic E-state index is 0.00376. The number of nitrogens with zero attached hydrogens (tertiary/aromatic N) is 1. The topological polar surface area (TPSA) is 63.3 Å². The van der Waals surface area contributed by atoms with Gasteiger partial charge in [0.1, 0.15) is 11.3 Å². The van der Waals surface area contributed by atoms with Crippen LogP contribution in [-0.4, -0.2) is 15.9 Å². The summed E-state index contributed by atoms with van der Waals surface area (Å²) in [4.78, 5) is 15.4. The van der Waals surface area contributed by atoms with Crippen LogP contribution in [-0.2, 0) is 4.79 Å². The van der Waals surface area contributed by atoms with Gasteiger partial charge in [0, 0.05) is 0 Å². The maximum Gasteiger partial charge on any atom is 0.230 e. The summed E-state index contributed by atoms with van der Waals surface area (Å²) in [5.41, 5.74) is 1.86. The van der Waals surface area contributed by atoms with Gasteiger partial charge >= 0.3 is 0 Å². The Morgan fingerprint density at radius 2 is 2.06 bits per heavy atom. The van der Waals surface area contributed by atoms with Crippen LogP contribution in [0.4, 0.5) is 0 Å². The van der Waals surface area contributed by atoms with Crippen molar-refractivity contribution in [1.82, 2.24) is 4.98 Å². The molecule has 1 aliphatic rings. The molecule has 0 amide bonds. The smallest absolute Gasteiger partial charge is 0.230 e. The van der Waals surface area contributed by atoms with Gasteiger partial charge in [0.2, 0.25) is 5.89 Å². The van der Waals surface area contributed by atoms with Crippen molar-refractivity contribution in [2.45, 2.75) is 6.42 Å². The Bertz CT molecular complexity index is 631. The summed E-state index contributed by atoms with van der Waals surface area (Å²) >= 11 is 0. The number of allylic oxidation sites excluding steroid dienone is 4. The van der Waals surface area contributed by atoms with Crippen LogP contribution in [0.5, 0.6) is 0 Å². The molecule has 4 heteroatoms. The van der Waals surface area contributed by atoms with Crippen molar-refractivity contribution in [1.29, 1.82) is 0 Å². The SMILES string of the molecule is O=C1C=CC(c2nc3ccccc3o2)=C(O)C1. The first kappa shape index (κ1) is 9.84. The Labute approximate surface area is 96.9 Å². The molecule has 17 heavy (non-hydrogen) atoms. The molecule has 84 valence electrons. The maximum atomic E-state index is 11.1. The second-order valence-electron chi connectivity index (χ2n) is 3.82. The molecular formula is C13H9NO3. The summed E-state index contributed by atoms with van der Waals surface area (Å²) in [7, 11) is 0. The molecule has 0 saturated carbocycles. The van der Waals surface area contributed by atoms with Crippen molar-refractivity contribution in [3.05, 3.63) is 48.1 Å². The first-order valence-electron chi connectivity index (χ1n) is 5.23. The lowest BCUT2D eigenvalue weighted by Gasteiger charge is -2.06. The first-order valence-corrected chi connectivity index (χ1v) is 5.23. The molecule has 0 radical (unpaired) electrons. The molecule has 0 bridgehead atoms. The molecule has 0 spiro atoms. The molecule has 0 aliphatic heterocycles. The quantitative estimate of drug-likeness (QED) is 0.813. The van der Waals surface area contributed by atoms with Crippen molar-refractivity contribution < 1.29 is 14.3 Å². The number of fused-ring (bicyclic) bond motifs is 1. The number of benzene rings is 1. The third-order valence-corrected chi connectivity index (χ3v) is 2.61. The molecule has 3 rings (SSSR count). The molecule has 1 N–H and O–H groups in total. The monoisotopic (exact) mass is 227 g/mol. The van der Waals surface area contributed by atoms with E-state index in [9.17, 15) is 9.90 Å². The van der Waals surface area contributed by atoms with Crippen LogP contribution in [0.25, 0.3) is 16.7 Å². The normalized spacial score (nSPS) is 15.9. The average Bonchev–Trinajstić information content (AvgIpc) is 2.72. The summed E-state index contributed by atoms with van der Waals surface area (Å²) in [5, 5.41) is 9.73. The van der Waals surface area contributed by atoms with Crippen LogP contribution in [0.2, 0.25) is 0 Å². The van der Waals surface area contributed by atoms with E-state index in [1.807, 2.05) is 18.2 Å². The molecule has 2 aromatic rings. The van der Waals surface area contributed by atoms with Gasteiger partial charge in [0.05, 0.1) is 12.0 Å². The van der Waals surface area contributed by atoms with Gasteiger partial charge in [-0.05, 0) is 24.3 Å². The largest absolute Gasteiger partial charge is 0.511 e. The van der Waals surface area contributed by atoms with E-state index in [2.05, 4.69) is 4.98 Å². The molecule has 0 unspecified atom stereocenters. The van der Waals surface area contributed by atoms with Crippen molar-refractivity contribution in [2.75, 3.05) is 0 Å². The zero-order valence-electron chi connectivity index (χ0n) is 8.88. The van der Waals surface area contributed by atoms with Gasteiger partial charge in [-0.1, -0.05) is 12.1 Å². The van der Waals surface area contributed by atoms with E-state index in [0.29, 0.717) is 17.0 Å². The Hall–Kier alpha value is -2.36. The summed E-state index contributed by atoms with van der Waals surface area (Å²) in [6.45, 7) is 0. The highest BCUT2D eigenvalue weighted by Gasteiger charge is 2.18. The molecule has 0 atom stereocenters. The Morgan fingerprint density at radius 3 is 2.82 bits per heavy atom. The fraction of sp³-hybridized carbons (Fsp3) is 0.0769. The number of aliphatic hydroxyl groups is 1. The number of carbonyl (C=O) groups is 1. The van der Waals surface area contributed by atoms with Gasteiger partial charge in [0.25, 0.3) is 0 Å². The van der Waals surface area contributed by atoms with Gasteiger partial charge in [0.15, 0.2) is 11.4 Å². The van der Waals surface area contributed by atoms with E-state index in [0.717, 1.165) is 5.52 Å². The number of hydrogen-bond acceptors (Lipinski definition) is 4. The lowest BCUT2D eigenvalue weighted by atomic mass is 10.0. The number of ketones is 1. The van der Waals surface area contributed by atoms with Gasteiger partial charge in [-0.15, -0.1) is 0 Å². The predicted octanol–water partition coefficient (Wildman–Crippen LogP) is 2.63. The second kappa shape index (κ2) is 3.59. The van der Waals surface area contributed by atoms with Crippen LogP contribution in [0.1, 0.15) is 12.3 Å². The molecule has 4 nitrogen and oxygen atoms in total. The highest BCUT2D eigenvalue weighted by atomic mass is 16.3. The van der Waals surface area contributed by atoms with Crippen LogP contribution < -0.4 is 0 Å². The summed E-state index contributed by atoms with van der Waals surface area (Å²) in [5.74, 6) is 0.221. The van der Waals surface area contributed by atoms with Crippen molar-refractivity contribution in [3.63, 3.8) is 0 Å². The molecule has 1 aromatic carbocycles. The Morgan fingerprint density at radius 1 is 1.24 bits per heavy atom. The molecular weight excluding hydrogens is 218 g/mol. The number of hydrogen-bond donors (Lipinski definition) is 1. The zero-order chi connectivity index (χ0) is 11.8. The van der Waals surface area contributed by atoms with Gasteiger partial charge in [-0.25, -0.2) is 4.98 Å². The number of aliphatic hydroxyl groups excluding tert-OH is 1. The lowest BCUT2D eigenvalue weighted by molar-refractivity contribution is -0.114. The standard InChI is InChI=1S/C13H9NO3/c15-8-5-6-9(11(16)7-8)13-14-10-3-1-2-4-12(10)17-13/h1-6,16H,7H2. The van der Waals surface area contributed by atoms with Crippen molar-refractivity contribution >= 4 is 22.5 Å². The van der Waals surface area contributed by atoms with Crippen LogP contribution in [0.3, 0.4) is 0 Å². The van der Waals surface area contributed by atoms with E-state index in [1.54, 1.807) is 6.07 Å². The second-order valence-corrected chi connectivity index (χ2v) is 3.82. The van der Waals surface area contributed by atoms with Crippen molar-refractivity contribution in [2.24, 2.45) is 0 Å². The van der Waals surface area contributed by atoms with E-state index in [4.69, 9.17) is 4.42 Å². The number of aromatic nitrogens is 1. The average molecular weight is 227 g/mol. The summed E-state index contributed by atoms with van der Waals surface area (Å²) < 4.78 is 5.52. The third kappa shape index (κ3) is 1.63. The molecule has 1 heterocycles. The van der Waals surface area contributed by atoms with E-state index in [1.165, 1.54) is 12.2 Å². The summed E-state index contributed by atoms with van der Waals surface area (Å²) in [6.07, 6.45) is 2.96. The van der Waals surface area contributed by atoms with Gasteiger partial charge in [-0.3, -0.25) is 4.79 Å². The highest BCUT2D eigenvalue weighted by molar-refractivity contribution is 5.98. The highest BCUT2D eigenvalue weighted by Crippen LogP contribution is 2.26. The molecule has 1 aliphatic carbocycles. The number of rotatable bonds is 1. The minimum atomic E-state index is -0.123. The maximum absolute atomic E-state index is 11.1. The Kier molecular flexibility index (Phi) is 2.08. The first-order chi connectivity index (χ1) is 8.24. The predicted molar refractivity (Wildman–Crippen MR) is 62.3 cm³/mol. The van der Waals surface area contributed by atoms with Crippen LogP contribution in [0, 0.1) is 0 Å². The van der Waals surface area contributed by atoms with E-state index >= 15 is 0 Å². The lowest BCUT2D eigenvalue weighted by Crippen LogP contribution is -2.03. The van der Waals surface area contributed by atoms with Gasteiger partial charge < -0.3 is 9.52 Å². The summed E-state index contributed by atoms with van der Waals surface area (Å²) in [6, 6.07) is 7.35. The molecule has 0 saturated heterocycles. The minimum Gasteiger partial charge on any atom is -0.511 e. The van der Waals surface area contributed by atoms with Crippen LogP contribution >= 0.6 is 0 Å². The number of oxazole rings is 1. The van der Waals surface area contributed by atoms with Gasteiger partial charge in [-0.2, -0.15) is 0 Å². The van der Waals surface area contributed by atoms with Crippen LogP contribution in [0.15, 0.2) is 46.6 Å². The fourth-order valence-corrected chi connectivity index (χ4v) is 1.77. The number of para-hydroxylation sites is 2. The molecule has 1 aromatic heterocycles. The fourth-order valence-electron chi connectivity index (χ4n) is 1.77. The zero-order valence-corrected chi connectivity index (χ0v) is 8.88. The third-order valence-electron chi connectivity index (χ3n) is 2.61. The van der Waals surface area contributed by atoms with Crippen molar-refractivity contribution in [3.8, 4) is 0 Å². The van der Waals surface area contributed by atoms with E-state index in [-0.39, 0.29) is 18.0 Å². The Balaban J connectivity index is 2.13. The number of carbonyl (C=O) groups excluding carboxylic acids is 1. The van der Waals surface area contributed by atoms with E-state index < -0.39 is 0 Å².